The topological polar surface area (TPSA) is 71.1 Å². The number of hydrogen-bond acceptors (Lipinski definition) is 3. The van der Waals surface area contributed by atoms with E-state index in [1.165, 1.54) is 12.3 Å². The lowest BCUT2D eigenvalue weighted by Crippen LogP contribution is -2.29. The van der Waals surface area contributed by atoms with Crippen LogP contribution in [0, 0.1) is 0 Å². The Balaban J connectivity index is 2.10. The highest BCUT2D eigenvalue weighted by Gasteiger charge is 2.18. The zero-order chi connectivity index (χ0) is 15.4. The maximum absolute atomic E-state index is 11.8. The summed E-state index contributed by atoms with van der Waals surface area (Å²) in [5.41, 5.74) is 0.392. The summed E-state index contributed by atoms with van der Waals surface area (Å²) < 4.78 is 0. The van der Waals surface area contributed by atoms with E-state index in [4.69, 9.17) is 34.8 Å². The van der Waals surface area contributed by atoms with E-state index in [1.807, 2.05) is 0 Å². The molecule has 0 unspecified atom stereocenters. The van der Waals surface area contributed by atoms with E-state index >= 15 is 0 Å². The summed E-state index contributed by atoms with van der Waals surface area (Å²) in [7, 11) is 0. The molecule has 0 fully saturated rings. The minimum Gasteiger partial charge on any atom is -0.315 e. The lowest BCUT2D eigenvalue weighted by molar-refractivity contribution is -0.132. The summed E-state index contributed by atoms with van der Waals surface area (Å²) >= 11 is 17.6. The van der Waals surface area contributed by atoms with Crippen LogP contribution in [-0.4, -0.2) is 16.8 Å². The maximum Gasteiger partial charge on any atom is 0.314 e. The summed E-state index contributed by atoms with van der Waals surface area (Å²) in [5.74, 6) is -1.84. The molecule has 108 valence electrons. The van der Waals surface area contributed by atoms with Gasteiger partial charge in [-0.05, 0) is 24.3 Å². The van der Waals surface area contributed by atoms with Crippen molar-refractivity contribution in [2.45, 2.75) is 0 Å². The van der Waals surface area contributed by atoms with Crippen molar-refractivity contribution in [2.24, 2.45) is 0 Å². The minimum absolute atomic E-state index is 0.0782. The Hall–Kier alpha value is -1.82. The van der Waals surface area contributed by atoms with Gasteiger partial charge in [0, 0.05) is 6.20 Å². The van der Waals surface area contributed by atoms with E-state index in [1.54, 1.807) is 24.3 Å². The standard InChI is InChI=1S/C13H8Cl3N3O2/c14-7-3-1-4-8(15)10(7)19-13(21)12(20)18-9-5-2-6-17-11(9)16/h1-6H,(H,18,20)(H,19,21). The largest absolute Gasteiger partial charge is 0.315 e. The fourth-order valence-corrected chi connectivity index (χ4v) is 2.10. The van der Waals surface area contributed by atoms with Gasteiger partial charge in [0.15, 0.2) is 5.15 Å². The Morgan fingerprint density at radius 2 is 1.52 bits per heavy atom. The Morgan fingerprint density at radius 1 is 0.905 bits per heavy atom. The van der Waals surface area contributed by atoms with Crippen LogP contribution in [0.2, 0.25) is 15.2 Å². The third-order valence-electron chi connectivity index (χ3n) is 2.41. The molecule has 8 heteroatoms. The Bertz CT molecular complexity index is 687. The molecule has 2 rings (SSSR count). The molecule has 2 N–H and O–H groups in total. The van der Waals surface area contributed by atoms with Crippen LogP contribution in [0.5, 0.6) is 0 Å². The molecule has 0 aliphatic rings. The second-order valence-electron chi connectivity index (χ2n) is 3.85. The van der Waals surface area contributed by atoms with Crippen molar-refractivity contribution in [1.29, 1.82) is 0 Å². The van der Waals surface area contributed by atoms with E-state index < -0.39 is 11.8 Å². The van der Waals surface area contributed by atoms with Gasteiger partial charge in [0.1, 0.15) is 0 Å². The highest BCUT2D eigenvalue weighted by atomic mass is 35.5. The van der Waals surface area contributed by atoms with Gasteiger partial charge in [0.2, 0.25) is 0 Å². The lowest BCUT2D eigenvalue weighted by atomic mass is 10.3. The van der Waals surface area contributed by atoms with Crippen LogP contribution in [0.3, 0.4) is 0 Å². The van der Waals surface area contributed by atoms with Crippen molar-refractivity contribution in [3.05, 3.63) is 51.7 Å². The van der Waals surface area contributed by atoms with Gasteiger partial charge < -0.3 is 10.6 Å². The first-order valence-electron chi connectivity index (χ1n) is 5.66. The minimum atomic E-state index is -0.926. The van der Waals surface area contributed by atoms with Crippen LogP contribution in [0.25, 0.3) is 0 Å². The van der Waals surface area contributed by atoms with Gasteiger partial charge in [0.05, 0.1) is 21.4 Å². The fraction of sp³-hybridized carbons (Fsp3) is 0. The average molecular weight is 345 g/mol. The first kappa shape index (κ1) is 15.6. The van der Waals surface area contributed by atoms with Crippen molar-refractivity contribution < 1.29 is 9.59 Å². The second-order valence-corrected chi connectivity index (χ2v) is 5.02. The van der Waals surface area contributed by atoms with Crippen LogP contribution in [0.4, 0.5) is 11.4 Å². The third-order valence-corrected chi connectivity index (χ3v) is 3.35. The number of carbonyl (C=O) groups is 2. The SMILES string of the molecule is O=C(Nc1cccnc1Cl)C(=O)Nc1c(Cl)cccc1Cl. The van der Waals surface area contributed by atoms with Crippen molar-refractivity contribution in [2.75, 3.05) is 10.6 Å². The zero-order valence-corrected chi connectivity index (χ0v) is 12.6. The number of amides is 2. The molecule has 0 saturated carbocycles. The van der Waals surface area contributed by atoms with Gasteiger partial charge in [-0.1, -0.05) is 40.9 Å². The normalized spacial score (nSPS) is 10.0. The summed E-state index contributed by atoms with van der Waals surface area (Å²) in [6.45, 7) is 0. The van der Waals surface area contributed by atoms with Crippen LogP contribution in [0.1, 0.15) is 0 Å². The number of hydrogen-bond donors (Lipinski definition) is 2. The molecule has 1 aromatic carbocycles. The Kier molecular flexibility index (Phi) is 5.01. The van der Waals surface area contributed by atoms with Gasteiger partial charge in [-0.3, -0.25) is 9.59 Å². The van der Waals surface area contributed by atoms with Gasteiger partial charge in [-0.2, -0.15) is 0 Å². The highest BCUT2D eigenvalue weighted by Crippen LogP contribution is 2.29. The fourth-order valence-electron chi connectivity index (χ4n) is 1.45. The molecule has 1 aromatic heterocycles. The molecule has 2 aromatic rings. The van der Waals surface area contributed by atoms with Gasteiger partial charge in [0.25, 0.3) is 0 Å². The van der Waals surface area contributed by atoms with E-state index in [-0.39, 0.29) is 26.6 Å². The third kappa shape index (κ3) is 3.85. The molecule has 2 amide bonds. The molecule has 0 spiro atoms. The Labute approximate surface area is 135 Å². The molecule has 0 radical (unpaired) electrons. The van der Waals surface area contributed by atoms with Crippen LogP contribution in [0.15, 0.2) is 36.5 Å². The van der Waals surface area contributed by atoms with Crippen molar-refractivity contribution in [1.82, 2.24) is 4.98 Å². The smallest absolute Gasteiger partial charge is 0.314 e. The predicted octanol–water partition coefficient (Wildman–Crippen LogP) is 3.62. The van der Waals surface area contributed by atoms with Gasteiger partial charge in [-0.15, -0.1) is 0 Å². The molecule has 0 aliphatic heterocycles. The first-order valence-corrected chi connectivity index (χ1v) is 6.79. The van der Waals surface area contributed by atoms with Crippen LogP contribution < -0.4 is 10.6 Å². The summed E-state index contributed by atoms with van der Waals surface area (Å²) in [4.78, 5) is 27.4. The van der Waals surface area contributed by atoms with E-state index in [0.717, 1.165) is 0 Å². The molecule has 0 atom stereocenters. The molecule has 21 heavy (non-hydrogen) atoms. The summed E-state index contributed by atoms with van der Waals surface area (Å²) in [6.07, 6.45) is 1.46. The lowest BCUT2D eigenvalue weighted by Gasteiger charge is -2.09. The number of pyridine rings is 1. The average Bonchev–Trinajstić information content (AvgIpc) is 2.45. The highest BCUT2D eigenvalue weighted by molar-refractivity contribution is 6.47. The van der Waals surface area contributed by atoms with Crippen molar-refractivity contribution in [3.63, 3.8) is 0 Å². The van der Waals surface area contributed by atoms with Crippen molar-refractivity contribution in [3.8, 4) is 0 Å². The zero-order valence-electron chi connectivity index (χ0n) is 10.4. The van der Waals surface area contributed by atoms with E-state index in [9.17, 15) is 9.59 Å². The van der Waals surface area contributed by atoms with Crippen LogP contribution >= 0.6 is 34.8 Å². The molecular formula is C13H8Cl3N3O2. The number of anilines is 2. The number of nitrogens with one attached hydrogen (secondary N) is 2. The van der Waals surface area contributed by atoms with Crippen LogP contribution in [-0.2, 0) is 9.59 Å². The number of halogens is 3. The van der Waals surface area contributed by atoms with Crippen molar-refractivity contribution >= 4 is 58.0 Å². The maximum atomic E-state index is 11.8. The number of para-hydroxylation sites is 1. The van der Waals surface area contributed by atoms with E-state index in [2.05, 4.69) is 15.6 Å². The summed E-state index contributed by atoms with van der Waals surface area (Å²) in [5, 5.41) is 5.21. The number of aromatic nitrogens is 1. The van der Waals surface area contributed by atoms with E-state index in [0.29, 0.717) is 0 Å². The summed E-state index contributed by atoms with van der Waals surface area (Å²) in [6, 6.07) is 7.79. The number of benzene rings is 1. The molecule has 5 nitrogen and oxygen atoms in total. The Morgan fingerprint density at radius 3 is 2.14 bits per heavy atom. The van der Waals surface area contributed by atoms with Gasteiger partial charge in [-0.25, -0.2) is 4.98 Å². The predicted molar refractivity (Wildman–Crippen MR) is 83.0 cm³/mol. The molecule has 0 saturated heterocycles. The molecule has 0 aliphatic carbocycles. The first-order chi connectivity index (χ1) is 9.99. The molecular weight excluding hydrogens is 337 g/mol. The number of nitrogens with zero attached hydrogens (tertiary/aromatic N) is 1. The molecule has 1 heterocycles. The second kappa shape index (κ2) is 6.76. The monoisotopic (exact) mass is 343 g/mol. The molecule has 0 bridgehead atoms. The number of carbonyl (C=O) groups excluding carboxylic acids is 2. The van der Waals surface area contributed by atoms with Gasteiger partial charge >= 0.3 is 11.8 Å². The number of rotatable bonds is 2. The quantitative estimate of drug-likeness (QED) is 0.645.